The van der Waals surface area contributed by atoms with Crippen molar-refractivity contribution >= 4 is 70.8 Å². The minimum atomic E-state index is -1.68. The number of guanidine groups is 2. The molecule has 3 aliphatic heterocycles. The van der Waals surface area contributed by atoms with Crippen molar-refractivity contribution in [2.45, 2.75) is 125 Å². The van der Waals surface area contributed by atoms with Crippen molar-refractivity contribution in [2.24, 2.45) is 38.7 Å². The van der Waals surface area contributed by atoms with Gasteiger partial charge < -0.3 is 80.2 Å². The molecule has 2 aromatic carbocycles. The first-order valence-corrected chi connectivity index (χ1v) is 26.1. The Labute approximate surface area is 455 Å². The lowest BCUT2D eigenvalue weighted by atomic mass is 10.0. The van der Waals surface area contributed by atoms with Gasteiger partial charge in [0.15, 0.2) is 11.9 Å². The lowest BCUT2D eigenvalue weighted by molar-refractivity contribution is -0.384. The molecule has 2 aromatic rings. The van der Waals surface area contributed by atoms with Gasteiger partial charge in [-0.15, -0.1) is 0 Å². The largest absolute Gasteiger partial charge is 0.480 e. The van der Waals surface area contributed by atoms with Crippen LogP contribution in [0.4, 0.5) is 5.69 Å². The predicted molar refractivity (Wildman–Crippen MR) is 284 cm³/mol. The number of nitrogens with zero attached hydrogens (tertiary/aromatic N) is 6. The maximum atomic E-state index is 14.2. The van der Waals surface area contributed by atoms with E-state index in [0.29, 0.717) is 49.8 Å². The highest BCUT2D eigenvalue weighted by Crippen LogP contribution is 2.26. The van der Waals surface area contributed by atoms with Gasteiger partial charge in [-0.05, 0) is 75.3 Å². The van der Waals surface area contributed by atoms with Crippen LogP contribution in [0.2, 0.25) is 0 Å². The number of carboxylic acids is 1. The van der Waals surface area contributed by atoms with Crippen LogP contribution in [-0.2, 0) is 56.0 Å². The molecule has 0 aromatic heterocycles. The number of carbonyl (C=O) groups excluding carboxylic acids is 8. The summed E-state index contributed by atoms with van der Waals surface area (Å²) < 4.78 is 0. The topological polar surface area (TPSA) is 462 Å². The lowest BCUT2D eigenvalue weighted by Crippen LogP contribution is -2.60. The Morgan fingerprint density at radius 3 is 1.70 bits per heavy atom. The van der Waals surface area contributed by atoms with Crippen molar-refractivity contribution in [2.75, 3.05) is 45.9 Å². The number of aliphatic carboxylic acids is 1. The monoisotopic (exact) mass is 1100 g/mol. The summed E-state index contributed by atoms with van der Waals surface area (Å²) in [7, 11) is 0. The molecular formula is C50H72N16O13. The first kappa shape index (κ1) is 61.4. The molecule has 0 bridgehead atoms. The summed E-state index contributed by atoms with van der Waals surface area (Å²) in [5, 5.41) is 44.4. The number of carbonyl (C=O) groups is 9. The first-order chi connectivity index (χ1) is 37.7. The predicted octanol–water partition coefficient (Wildman–Crippen LogP) is -4.08. The van der Waals surface area contributed by atoms with Crippen LogP contribution in [0, 0.1) is 10.1 Å². The third kappa shape index (κ3) is 18.1. The molecule has 5 rings (SSSR count). The van der Waals surface area contributed by atoms with Crippen molar-refractivity contribution in [3.63, 3.8) is 0 Å². The molecule has 29 nitrogen and oxygen atoms in total. The van der Waals surface area contributed by atoms with E-state index in [0.717, 1.165) is 4.90 Å². The molecule has 0 aliphatic carbocycles. The molecule has 79 heavy (non-hydrogen) atoms. The summed E-state index contributed by atoms with van der Waals surface area (Å²) in [6.07, 6.45) is 2.51. The van der Waals surface area contributed by atoms with Crippen molar-refractivity contribution in [1.82, 2.24) is 41.3 Å². The van der Waals surface area contributed by atoms with Gasteiger partial charge in [0.2, 0.25) is 47.3 Å². The van der Waals surface area contributed by atoms with Gasteiger partial charge in [-0.25, -0.2) is 4.79 Å². The zero-order chi connectivity index (χ0) is 57.8. The maximum Gasteiger partial charge on any atom is 0.326 e. The van der Waals surface area contributed by atoms with E-state index in [1.165, 1.54) is 34.1 Å². The van der Waals surface area contributed by atoms with Gasteiger partial charge in [-0.1, -0.05) is 42.5 Å². The van der Waals surface area contributed by atoms with E-state index in [-0.39, 0.29) is 88.7 Å². The Hall–Kier alpha value is -8.47. The smallest absolute Gasteiger partial charge is 0.326 e. The number of likely N-dealkylation sites (tertiary alicyclic amines) is 3. The Morgan fingerprint density at radius 2 is 1.14 bits per heavy atom. The van der Waals surface area contributed by atoms with Gasteiger partial charge >= 0.3 is 5.97 Å². The van der Waals surface area contributed by atoms with Crippen molar-refractivity contribution in [3.8, 4) is 0 Å². The SMILES string of the molecule is NC(N)=NCCC[C@H](NC(=O)[C@H](Cc1ccccc1)NC(=O)[C@@H]1CCCN1C(=O)[C@H](CO)NC(=O)[C@H](Cc1ccc([N+](=O)[O-])cc1)NC(=O)CNC(=O)C1CCCN1C(=O)[C@@H]1CCCN1C(=O)[C@@H](N)CCCN=C(N)N)C(=O)O. The summed E-state index contributed by atoms with van der Waals surface area (Å²) >= 11 is 0. The number of amides is 8. The highest BCUT2D eigenvalue weighted by molar-refractivity contribution is 5.98. The molecular weight excluding hydrogens is 1030 g/mol. The molecule has 1 unspecified atom stereocenters. The average molecular weight is 1110 g/mol. The minimum Gasteiger partial charge on any atom is -0.480 e. The van der Waals surface area contributed by atoms with Crippen LogP contribution >= 0.6 is 0 Å². The fourth-order valence-electron chi connectivity index (χ4n) is 9.69. The fraction of sp³-hybridized carbons (Fsp3) is 0.540. The first-order valence-electron chi connectivity index (χ1n) is 26.1. The number of hydrogen-bond donors (Lipinski definition) is 12. The van der Waals surface area contributed by atoms with Crippen LogP contribution in [0.5, 0.6) is 0 Å². The molecule has 3 fully saturated rings. The number of nitro groups is 1. The second kappa shape index (κ2) is 29.9. The second-order valence-corrected chi connectivity index (χ2v) is 19.4. The van der Waals surface area contributed by atoms with Crippen LogP contribution < -0.4 is 55.3 Å². The Morgan fingerprint density at radius 1 is 0.633 bits per heavy atom. The lowest BCUT2D eigenvalue weighted by Gasteiger charge is -2.32. The van der Waals surface area contributed by atoms with Crippen LogP contribution in [0.1, 0.15) is 75.3 Å². The van der Waals surface area contributed by atoms with Gasteiger partial charge in [0.1, 0.15) is 42.3 Å². The molecule has 430 valence electrons. The van der Waals surface area contributed by atoms with E-state index >= 15 is 0 Å². The number of aliphatic hydroxyl groups excluding tert-OH is 1. The Bertz CT molecular complexity index is 2560. The van der Waals surface area contributed by atoms with E-state index in [1.54, 1.807) is 30.3 Å². The summed E-state index contributed by atoms with van der Waals surface area (Å²) in [5.41, 5.74) is 28.4. The minimum absolute atomic E-state index is 0.00358. The quantitative estimate of drug-likeness (QED) is 0.0127. The Balaban J connectivity index is 1.24. The van der Waals surface area contributed by atoms with Gasteiger partial charge in [-0.2, -0.15) is 0 Å². The molecule has 17 N–H and O–H groups in total. The van der Waals surface area contributed by atoms with Crippen LogP contribution in [-0.4, -0.2) is 189 Å². The molecule has 0 saturated carbocycles. The summed E-state index contributed by atoms with van der Waals surface area (Å²) in [6.45, 7) is -0.784. The average Bonchev–Trinajstić information content (AvgIpc) is 4.35. The molecule has 8 atom stereocenters. The van der Waals surface area contributed by atoms with E-state index in [2.05, 4.69) is 36.6 Å². The fourth-order valence-corrected chi connectivity index (χ4v) is 9.69. The summed E-state index contributed by atoms with van der Waals surface area (Å²) in [5.74, 6) is -7.51. The maximum absolute atomic E-state index is 14.2. The number of nitro benzene ring substituents is 1. The zero-order valence-electron chi connectivity index (χ0n) is 43.7. The van der Waals surface area contributed by atoms with Gasteiger partial charge in [0.05, 0.1) is 24.1 Å². The van der Waals surface area contributed by atoms with Crippen molar-refractivity contribution < 1.29 is 58.3 Å². The number of benzene rings is 2. The molecule has 8 amide bonds. The zero-order valence-corrected chi connectivity index (χ0v) is 43.7. The van der Waals surface area contributed by atoms with Gasteiger partial charge in [-0.3, -0.25) is 58.5 Å². The van der Waals surface area contributed by atoms with Crippen molar-refractivity contribution in [1.29, 1.82) is 0 Å². The highest BCUT2D eigenvalue weighted by atomic mass is 16.6. The molecule has 3 aliphatic rings. The summed E-state index contributed by atoms with van der Waals surface area (Å²) in [4.78, 5) is 145. The number of nitrogens with one attached hydrogen (secondary N) is 5. The standard InChI is InChI=1S/C50H72N16O13/c51-32(11-4-20-56-49(52)53)45(73)65-24-8-15-39(65)47(75)64-23-6-13-37(64)43(71)58-27-40(68)59-34(26-30-16-18-31(19-17-30)66(78)79)41(69)62-36(28-67)46(74)63-22-7-14-38(63)44(72)61-35(25-29-9-2-1-3-10-29)42(70)60-33(48(76)77)12-5-21-57-50(54)55/h1-3,9-10,16-19,32-39,67H,4-8,11-15,20-28,51H2,(H,58,71)(H,59,68)(H,60,70)(H,61,72)(H,62,69)(H,76,77)(H4,52,53,56)(H4,54,55,57)/t32-,33-,34-,35-,36-,37?,38-,39-/m0/s1. The van der Waals surface area contributed by atoms with E-state index in [9.17, 15) is 63.5 Å². The third-order valence-corrected chi connectivity index (χ3v) is 13.7. The van der Waals surface area contributed by atoms with Crippen LogP contribution in [0.3, 0.4) is 0 Å². The highest BCUT2D eigenvalue weighted by Gasteiger charge is 2.44. The molecule has 3 heterocycles. The number of nitrogens with two attached hydrogens (primary N) is 5. The number of rotatable bonds is 28. The number of carboxylic acid groups (broad SMARTS) is 1. The summed E-state index contributed by atoms with van der Waals surface area (Å²) in [6, 6.07) is 3.79. The number of non-ortho nitro benzene ring substituents is 1. The molecule has 3 saturated heterocycles. The number of hydrogen-bond acceptors (Lipinski definition) is 15. The van der Waals surface area contributed by atoms with Crippen molar-refractivity contribution in [3.05, 3.63) is 75.8 Å². The van der Waals surface area contributed by atoms with Gasteiger partial charge in [0, 0.05) is 57.7 Å². The molecule has 29 heteroatoms. The van der Waals surface area contributed by atoms with E-state index in [1.807, 2.05) is 0 Å². The van der Waals surface area contributed by atoms with Gasteiger partial charge in [0.25, 0.3) is 5.69 Å². The Kier molecular flexibility index (Phi) is 23.2. The normalized spacial score (nSPS) is 18.7. The van der Waals surface area contributed by atoms with E-state index in [4.69, 9.17) is 28.7 Å². The molecule has 0 spiro atoms. The van der Waals surface area contributed by atoms with Crippen LogP contribution in [0.15, 0.2) is 64.6 Å². The number of aliphatic hydroxyl groups is 1. The molecule has 0 radical (unpaired) electrons. The third-order valence-electron chi connectivity index (χ3n) is 13.7. The second-order valence-electron chi connectivity index (χ2n) is 19.4. The van der Waals surface area contributed by atoms with Crippen LogP contribution in [0.25, 0.3) is 0 Å². The number of aliphatic imine (C=N–C) groups is 2. The van der Waals surface area contributed by atoms with E-state index < -0.39 is 120 Å².